The van der Waals surface area contributed by atoms with Gasteiger partial charge in [-0.3, -0.25) is 4.79 Å². The summed E-state index contributed by atoms with van der Waals surface area (Å²) in [4.78, 5) is 14.2. The van der Waals surface area contributed by atoms with Crippen molar-refractivity contribution in [3.63, 3.8) is 0 Å². The van der Waals surface area contributed by atoms with Crippen molar-refractivity contribution in [3.05, 3.63) is 29.8 Å². The Morgan fingerprint density at radius 1 is 1.33 bits per heavy atom. The molecule has 0 bridgehead atoms. The molecule has 0 spiro atoms. The second-order valence-corrected chi connectivity index (χ2v) is 4.71. The minimum absolute atomic E-state index is 0.0236. The van der Waals surface area contributed by atoms with Crippen LogP contribution in [-0.2, 0) is 0 Å². The number of amides is 1. The van der Waals surface area contributed by atoms with Gasteiger partial charge in [0.25, 0.3) is 5.91 Å². The number of aliphatic hydroxyl groups is 1. The van der Waals surface area contributed by atoms with Crippen molar-refractivity contribution in [2.45, 2.75) is 31.7 Å². The van der Waals surface area contributed by atoms with E-state index in [1.165, 1.54) is 12.1 Å². The van der Waals surface area contributed by atoms with Gasteiger partial charge in [-0.2, -0.15) is 0 Å². The van der Waals surface area contributed by atoms with E-state index >= 15 is 0 Å². The Labute approximate surface area is 107 Å². The largest absolute Gasteiger partial charge is 0.508 e. The molecular formula is C14H19NO3. The van der Waals surface area contributed by atoms with E-state index in [4.69, 9.17) is 5.11 Å². The Hall–Kier alpha value is -1.55. The normalized spacial score (nSPS) is 19.2. The van der Waals surface area contributed by atoms with Crippen LogP contribution in [-0.4, -0.2) is 40.2 Å². The Balaban J connectivity index is 2.05. The van der Waals surface area contributed by atoms with Crippen molar-refractivity contribution in [1.29, 1.82) is 0 Å². The standard InChI is InChI=1S/C14H19NO3/c16-10-2-4-12-3-1-9-15(12)14(18)11-5-7-13(17)8-6-11/h5-8,12,16-17H,1-4,9-10H2. The fourth-order valence-corrected chi connectivity index (χ4v) is 2.50. The summed E-state index contributed by atoms with van der Waals surface area (Å²) in [6.07, 6.45) is 3.65. The number of carbonyl (C=O) groups excluding carboxylic acids is 1. The van der Waals surface area contributed by atoms with Crippen molar-refractivity contribution in [1.82, 2.24) is 4.90 Å². The number of phenolic OH excluding ortho intramolecular Hbond substituents is 1. The van der Waals surface area contributed by atoms with E-state index in [9.17, 15) is 9.90 Å². The van der Waals surface area contributed by atoms with Crippen LogP contribution >= 0.6 is 0 Å². The topological polar surface area (TPSA) is 60.8 Å². The van der Waals surface area contributed by atoms with Crippen LogP contribution in [0.2, 0.25) is 0 Å². The van der Waals surface area contributed by atoms with Gasteiger partial charge in [0.1, 0.15) is 5.75 Å². The number of aromatic hydroxyl groups is 1. The summed E-state index contributed by atoms with van der Waals surface area (Å²) >= 11 is 0. The Morgan fingerprint density at radius 2 is 2.06 bits per heavy atom. The summed E-state index contributed by atoms with van der Waals surface area (Å²) < 4.78 is 0. The first kappa shape index (κ1) is 12.9. The van der Waals surface area contributed by atoms with Crippen molar-refractivity contribution < 1.29 is 15.0 Å². The van der Waals surface area contributed by atoms with E-state index in [0.29, 0.717) is 5.56 Å². The number of carbonyl (C=O) groups is 1. The maximum atomic E-state index is 12.3. The van der Waals surface area contributed by atoms with Crippen LogP contribution < -0.4 is 0 Å². The zero-order valence-corrected chi connectivity index (χ0v) is 10.4. The van der Waals surface area contributed by atoms with Crippen LogP contribution in [0.1, 0.15) is 36.0 Å². The number of likely N-dealkylation sites (tertiary alicyclic amines) is 1. The number of nitrogens with zero attached hydrogens (tertiary/aromatic N) is 1. The first-order valence-electron chi connectivity index (χ1n) is 6.43. The van der Waals surface area contributed by atoms with Gasteiger partial charge in [-0.1, -0.05) is 0 Å². The van der Waals surface area contributed by atoms with Gasteiger partial charge >= 0.3 is 0 Å². The molecule has 2 N–H and O–H groups in total. The monoisotopic (exact) mass is 249 g/mol. The van der Waals surface area contributed by atoms with Crippen molar-refractivity contribution >= 4 is 5.91 Å². The molecule has 1 aromatic carbocycles. The highest BCUT2D eigenvalue weighted by atomic mass is 16.3. The molecule has 18 heavy (non-hydrogen) atoms. The summed E-state index contributed by atoms with van der Waals surface area (Å²) in [5, 5.41) is 18.1. The third-order valence-corrected chi connectivity index (χ3v) is 3.45. The first-order valence-corrected chi connectivity index (χ1v) is 6.43. The van der Waals surface area contributed by atoms with Gasteiger partial charge in [-0.25, -0.2) is 0 Å². The van der Waals surface area contributed by atoms with E-state index in [1.54, 1.807) is 12.1 Å². The molecule has 4 heteroatoms. The Morgan fingerprint density at radius 3 is 2.72 bits per heavy atom. The van der Waals surface area contributed by atoms with Crippen LogP contribution in [0.25, 0.3) is 0 Å². The number of hydrogen-bond acceptors (Lipinski definition) is 3. The highest BCUT2D eigenvalue weighted by Gasteiger charge is 2.28. The van der Waals surface area contributed by atoms with Crippen LogP contribution in [0.5, 0.6) is 5.75 Å². The lowest BCUT2D eigenvalue weighted by Crippen LogP contribution is -2.35. The Bertz CT molecular complexity index is 402. The average molecular weight is 249 g/mol. The number of hydrogen-bond donors (Lipinski definition) is 2. The summed E-state index contributed by atoms with van der Waals surface area (Å²) in [5.41, 5.74) is 0.615. The lowest BCUT2D eigenvalue weighted by molar-refractivity contribution is 0.0724. The van der Waals surface area contributed by atoms with Gasteiger partial charge in [0.2, 0.25) is 0 Å². The van der Waals surface area contributed by atoms with Crippen molar-refractivity contribution in [2.75, 3.05) is 13.2 Å². The molecule has 0 aliphatic carbocycles. The fourth-order valence-electron chi connectivity index (χ4n) is 2.50. The molecule has 1 saturated heterocycles. The number of phenols is 1. The minimum atomic E-state index is 0.0236. The molecular weight excluding hydrogens is 230 g/mol. The van der Waals surface area contributed by atoms with Gasteiger partial charge in [-0.15, -0.1) is 0 Å². The predicted molar refractivity (Wildman–Crippen MR) is 68.5 cm³/mol. The lowest BCUT2D eigenvalue weighted by Gasteiger charge is -2.24. The number of rotatable bonds is 4. The van der Waals surface area contributed by atoms with E-state index in [1.807, 2.05) is 4.90 Å². The SMILES string of the molecule is O=C(c1ccc(O)cc1)N1CCCC1CCCO. The quantitative estimate of drug-likeness (QED) is 0.855. The second kappa shape index (κ2) is 5.87. The fraction of sp³-hybridized carbons (Fsp3) is 0.500. The van der Waals surface area contributed by atoms with E-state index < -0.39 is 0 Å². The van der Waals surface area contributed by atoms with Gasteiger partial charge in [0.15, 0.2) is 0 Å². The molecule has 1 amide bonds. The molecule has 1 aliphatic rings. The number of aliphatic hydroxyl groups excluding tert-OH is 1. The summed E-state index contributed by atoms with van der Waals surface area (Å²) in [7, 11) is 0. The second-order valence-electron chi connectivity index (χ2n) is 4.71. The van der Waals surface area contributed by atoms with Crippen molar-refractivity contribution in [2.24, 2.45) is 0 Å². The molecule has 2 rings (SSSR count). The summed E-state index contributed by atoms with van der Waals surface area (Å²) in [5.74, 6) is 0.195. The third-order valence-electron chi connectivity index (χ3n) is 3.45. The molecule has 1 atom stereocenters. The molecule has 0 saturated carbocycles. The van der Waals surface area contributed by atoms with E-state index in [-0.39, 0.29) is 24.3 Å². The summed E-state index contributed by atoms with van der Waals surface area (Å²) in [6, 6.07) is 6.62. The van der Waals surface area contributed by atoms with Gasteiger partial charge < -0.3 is 15.1 Å². The third kappa shape index (κ3) is 2.82. The minimum Gasteiger partial charge on any atom is -0.508 e. The van der Waals surface area contributed by atoms with E-state index in [2.05, 4.69) is 0 Å². The zero-order chi connectivity index (χ0) is 13.0. The van der Waals surface area contributed by atoms with Crippen LogP contribution in [0.15, 0.2) is 24.3 Å². The maximum Gasteiger partial charge on any atom is 0.254 e. The highest BCUT2D eigenvalue weighted by molar-refractivity contribution is 5.94. The van der Waals surface area contributed by atoms with Crippen molar-refractivity contribution in [3.8, 4) is 5.75 Å². The van der Waals surface area contributed by atoms with Crippen LogP contribution in [0.4, 0.5) is 0 Å². The zero-order valence-electron chi connectivity index (χ0n) is 10.4. The highest BCUT2D eigenvalue weighted by Crippen LogP contribution is 2.24. The molecule has 98 valence electrons. The van der Waals surface area contributed by atoms with E-state index in [0.717, 1.165) is 32.2 Å². The number of benzene rings is 1. The molecule has 1 fully saturated rings. The average Bonchev–Trinajstić information content (AvgIpc) is 2.84. The summed E-state index contributed by atoms with van der Waals surface area (Å²) in [6.45, 7) is 0.966. The molecule has 0 radical (unpaired) electrons. The smallest absolute Gasteiger partial charge is 0.254 e. The molecule has 1 heterocycles. The lowest BCUT2D eigenvalue weighted by atomic mass is 10.1. The maximum absolute atomic E-state index is 12.3. The molecule has 1 aliphatic heterocycles. The van der Waals surface area contributed by atoms with Crippen LogP contribution in [0.3, 0.4) is 0 Å². The van der Waals surface area contributed by atoms with Crippen LogP contribution in [0, 0.1) is 0 Å². The molecule has 1 aromatic rings. The Kier molecular flexibility index (Phi) is 4.20. The molecule has 4 nitrogen and oxygen atoms in total. The van der Waals surface area contributed by atoms with Gasteiger partial charge in [0.05, 0.1) is 0 Å². The van der Waals surface area contributed by atoms with Gasteiger partial charge in [0, 0.05) is 24.8 Å². The first-order chi connectivity index (χ1) is 8.72. The van der Waals surface area contributed by atoms with Gasteiger partial charge in [-0.05, 0) is 49.9 Å². The predicted octanol–water partition coefficient (Wildman–Crippen LogP) is 1.77. The molecule has 1 unspecified atom stereocenters. The molecule has 0 aromatic heterocycles.